The van der Waals surface area contributed by atoms with Crippen molar-refractivity contribution in [3.8, 4) is 0 Å². The molecule has 106 valence electrons. The van der Waals surface area contributed by atoms with Crippen molar-refractivity contribution < 1.29 is 17.9 Å². The van der Waals surface area contributed by atoms with Crippen LogP contribution in [0.3, 0.4) is 0 Å². The van der Waals surface area contributed by atoms with Gasteiger partial charge in [-0.15, -0.1) is 0 Å². The molecule has 6 nitrogen and oxygen atoms in total. The summed E-state index contributed by atoms with van der Waals surface area (Å²) in [6, 6.07) is -0.129. The van der Waals surface area contributed by atoms with E-state index in [0.29, 0.717) is 0 Å². The molecule has 0 spiro atoms. The van der Waals surface area contributed by atoms with Gasteiger partial charge in [-0.1, -0.05) is 22.9 Å². The van der Waals surface area contributed by atoms with E-state index in [2.05, 4.69) is 4.98 Å². The maximum atomic E-state index is 12.4. The SMILES string of the molecule is CCOC(=O)CN(C1CC1)S(=O)(=O)c1cnc(Cl)s1. The molecular weight excluding hydrogens is 312 g/mol. The van der Waals surface area contributed by atoms with Crippen LogP contribution < -0.4 is 0 Å². The Labute approximate surface area is 120 Å². The Kier molecular flexibility index (Phi) is 4.44. The number of hydrogen-bond acceptors (Lipinski definition) is 6. The third kappa shape index (κ3) is 3.44. The summed E-state index contributed by atoms with van der Waals surface area (Å²) in [6.07, 6.45) is 2.72. The van der Waals surface area contributed by atoms with Crippen LogP contribution in [-0.4, -0.2) is 42.9 Å². The molecule has 1 aliphatic carbocycles. The molecule has 0 atom stereocenters. The molecule has 0 bridgehead atoms. The van der Waals surface area contributed by atoms with Gasteiger partial charge in [0.05, 0.1) is 12.8 Å². The summed E-state index contributed by atoms with van der Waals surface area (Å²) < 4.78 is 31.0. The summed E-state index contributed by atoms with van der Waals surface area (Å²) >= 11 is 6.54. The summed E-state index contributed by atoms with van der Waals surface area (Å²) in [5.41, 5.74) is 0. The zero-order valence-electron chi connectivity index (χ0n) is 10.2. The lowest BCUT2D eigenvalue weighted by Crippen LogP contribution is -2.37. The van der Waals surface area contributed by atoms with Gasteiger partial charge in [0.25, 0.3) is 10.0 Å². The Morgan fingerprint density at radius 1 is 1.63 bits per heavy atom. The lowest BCUT2D eigenvalue weighted by molar-refractivity contribution is -0.143. The number of aromatic nitrogens is 1. The molecule has 0 saturated heterocycles. The van der Waals surface area contributed by atoms with Gasteiger partial charge in [-0.25, -0.2) is 13.4 Å². The predicted molar refractivity (Wildman–Crippen MR) is 70.7 cm³/mol. The highest BCUT2D eigenvalue weighted by Crippen LogP contribution is 2.34. The molecule has 1 saturated carbocycles. The number of halogens is 1. The van der Waals surface area contributed by atoms with Crippen molar-refractivity contribution in [3.63, 3.8) is 0 Å². The fraction of sp³-hybridized carbons (Fsp3) is 0.600. The Bertz CT molecular complexity index is 568. The number of sulfonamides is 1. The molecule has 0 unspecified atom stereocenters. The molecule has 0 N–H and O–H groups in total. The fourth-order valence-corrected chi connectivity index (χ4v) is 4.63. The summed E-state index contributed by atoms with van der Waals surface area (Å²) in [7, 11) is -3.73. The minimum Gasteiger partial charge on any atom is -0.465 e. The number of ether oxygens (including phenoxy) is 1. The van der Waals surface area contributed by atoms with Crippen LogP contribution in [0.15, 0.2) is 10.4 Å². The molecule has 0 amide bonds. The van der Waals surface area contributed by atoms with Gasteiger partial charge < -0.3 is 4.74 Å². The van der Waals surface area contributed by atoms with Gasteiger partial charge in [0.15, 0.2) is 8.68 Å². The molecule has 1 aromatic heterocycles. The van der Waals surface area contributed by atoms with E-state index in [9.17, 15) is 13.2 Å². The molecule has 2 rings (SSSR count). The highest BCUT2D eigenvalue weighted by Gasteiger charge is 2.40. The Morgan fingerprint density at radius 2 is 2.32 bits per heavy atom. The number of carbonyl (C=O) groups excluding carboxylic acids is 1. The number of thiazole rings is 1. The van der Waals surface area contributed by atoms with Gasteiger partial charge in [-0.05, 0) is 19.8 Å². The van der Waals surface area contributed by atoms with Crippen LogP contribution in [0, 0.1) is 0 Å². The largest absolute Gasteiger partial charge is 0.465 e. The van der Waals surface area contributed by atoms with Crippen molar-refractivity contribution in [1.82, 2.24) is 9.29 Å². The fourth-order valence-electron chi connectivity index (χ4n) is 1.58. The van der Waals surface area contributed by atoms with Crippen LogP contribution >= 0.6 is 22.9 Å². The Balaban J connectivity index is 2.21. The summed E-state index contributed by atoms with van der Waals surface area (Å²) in [5, 5.41) is 0. The molecule has 19 heavy (non-hydrogen) atoms. The molecule has 9 heteroatoms. The van der Waals surface area contributed by atoms with Gasteiger partial charge in [0, 0.05) is 6.04 Å². The van der Waals surface area contributed by atoms with Gasteiger partial charge in [0.2, 0.25) is 0 Å². The van der Waals surface area contributed by atoms with Gasteiger partial charge >= 0.3 is 5.97 Å². The molecule has 1 heterocycles. The van der Waals surface area contributed by atoms with Crippen molar-refractivity contribution in [1.29, 1.82) is 0 Å². The summed E-state index contributed by atoms with van der Waals surface area (Å²) in [6.45, 7) is 1.64. The lowest BCUT2D eigenvalue weighted by atomic mass is 10.6. The average molecular weight is 325 g/mol. The standard InChI is InChI=1S/C10H13ClN2O4S2/c1-2-17-8(14)6-13(7-3-4-7)19(15,16)9-5-12-10(11)18-9/h5,7H,2-4,6H2,1H3. The van der Waals surface area contributed by atoms with Crippen LogP contribution in [0.25, 0.3) is 0 Å². The third-order valence-electron chi connectivity index (χ3n) is 2.56. The van der Waals surface area contributed by atoms with E-state index in [0.717, 1.165) is 24.2 Å². The normalized spacial score (nSPS) is 15.7. The Morgan fingerprint density at radius 3 is 2.79 bits per heavy atom. The van der Waals surface area contributed by atoms with Crippen molar-refractivity contribution in [2.24, 2.45) is 0 Å². The highest BCUT2D eigenvalue weighted by atomic mass is 35.5. The van der Waals surface area contributed by atoms with E-state index in [1.165, 1.54) is 10.5 Å². The molecule has 1 fully saturated rings. The molecular formula is C10H13ClN2O4S2. The van der Waals surface area contributed by atoms with E-state index in [1.807, 2.05) is 0 Å². The summed E-state index contributed by atoms with van der Waals surface area (Å²) in [5.74, 6) is -0.548. The Hall–Kier alpha value is -0.700. The molecule has 1 aromatic rings. The topological polar surface area (TPSA) is 76.6 Å². The predicted octanol–water partition coefficient (Wildman–Crippen LogP) is 1.51. The van der Waals surface area contributed by atoms with Gasteiger partial charge in [0.1, 0.15) is 6.54 Å². The zero-order chi connectivity index (χ0) is 14.0. The van der Waals surface area contributed by atoms with Crippen molar-refractivity contribution in [3.05, 3.63) is 10.7 Å². The quantitative estimate of drug-likeness (QED) is 0.741. The summed E-state index contributed by atoms with van der Waals surface area (Å²) in [4.78, 5) is 15.2. The van der Waals surface area contributed by atoms with Gasteiger partial charge in [-0.3, -0.25) is 4.79 Å². The number of carbonyl (C=O) groups is 1. The van der Waals surface area contributed by atoms with Gasteiger partial charge in [-0.2, -0.15) is 4.31 Å². The molecule has 0 aliphatic heterocycles. The minimum atomic E-state index is -3.73. The smallest absolute Gasteiger partial charge is 0.321 e. The first kappa shape index (κ1) is 14.7. The first-order valence-corrected chi connectivity index (χ1v) is 8.37. The van der Waals surface area contributed by atoms with Crippen LogP contribution in [-0.2, 0) is 19.6 Å². The number of esters is 1. The highest BCUT2D eigenvalue weighted by molar-refractivity contribution is 7.91. The average Bonchev–Trinajstić information content (AvgIpc) is 3.07. The monoisotopic (exact) mass is 324 g/mol. The number of nitrogens with zero attached hydrogens (tertiary/aromatic N) is 2. The zero-order valence-corrected chi connectivity index (χ0v) is 12.6. The first-order valence-electron chi connectivity index (χ1n) is 5.74. The van der Waals surface area contributed by atoms with E-state index < -0.39 is 16.0 Å². The number of rotatable bonds is 6. The van der Waals surface area contributed by atoms with Crippen molar-refractivity contribution >= 4 is 38.9 Å². The van der Waals surface area contributed by atoms with Crippen LogP contribution in [0.2, 0.25) is 4.47 Å². The van der Waals surface area contributed by atoms with Crippen molar-refractivity contribution in [2.45, 2.75) is 30.0 Å². The van der Waals surface area contributed by atoms with Crippen LogP contribution in [0.1, 0.15) is 19.8 Å². The third-order valence-corrected chi connectivity index (χ3v) is 6.01. The number of hydrogen-bond donors (Lipinski definition) is 0. The van der Waals surface area contributed by atoms with Crippen molar-refractivity contribution in [2.75, 3.05) is 13.2 Å². The molecule has 0 aromatic carbocycles. The molecule has 1 aliphatic rings. The minimum absolute atomic E-state index is 0.0497. The van der Waals surface area contributed by atoms with E-state index in [-0.39, 0.29) is 27.9 Å². The van der Waals surface area contributed by atoms with E-state index in [4.69, 9.17) is 16.3 Å². The maximum Gasteiger partial charge on any atom is 0.321 e. The maximum absolute atomic E-state index is 12.4. The van der Waals surface area contributed by atoms with Crippen LogP contribution in [0.4, 0.5) is 0 Å². The second-order valence-corrected chi connectivity index (χ2v) is 7.75. The lowest BCUT2D eigenvalue weighted by Gasteiger charge is -2.19. The van der Waals surface area contributed by atoms with E-state index in [1.54, 1.807) is 6.92 Å². The molecule has 0 radical (unpaired) electrons. The first-order chi connectivity index (χ1) is 8.95. The second kappa shape index (κ2) is 5.74. The van der Waals surface area contributed by atoms with E-state index >= 15 is 0 Å². The second-order valence-electron chi connectivity index (χ2n) is 4.02. The van der Waals surface area contributed by atoms with Crippen LogP contribution in [0.5, 0.6) is 0 Å².